The van der Waals surface area contributed by atoms with Crippen LogP contribution in [0.3, 0.4) is 0 Å². The quantitative estimate of drug-likeness (QED) is 0.720. The highest BCUT2D eigenvalue weighted by Gasteiger charge is 2.14. The highest BCUT2D eigenvalue weighted by Crippen LogP contribution is 2.14. The molecule has 0 amide bonds. The Bertz CT molecular complexity index is 339. The summed E-state index contributed by atoms with van der Waals surface area (Å²) < 4.78 is 25.8. The molecule has 0 fully saturated rings. The molecule has 0 bridgehead atoms. The second-order valence-corrected chi connectivity index (χ2v) is 3.94. The van der Waals surface area contributed by atoms with Crippen molar-refractivity contribution < 1.29 is 13.6 Å². The maximum Gasteiger partial charge on any atom is 0.175 e. The monoisotopic (exact) mass is 216 g/mol. The number of carbonyl (C=O) groups is 1. The average molecular weight is 216 g/mol. The van der Waals surface area contributed by atoms with E-state index in [1.54, 1.807) is 0 Å². The molecule has 0 aromatic heterocycles. The Morgan fingerprint density at radius 1 is 1.43 bits per heavy atom. The van der Waals surface area contributed by atoms with Crippen LogP contribution in [0.1, 0.15) is 17.3 Å². The van der Waals surface area contributed by atoms with Gasteiger partial charge in [-0.25, -0.2) is 8.78 Å². The van der Waals surface area contributed by atoms with Crippen molar-refractivity contribution in [3.8, 4) is 0 Å². The van der Waals surface area contributed by atoms with Gasteiger partial charge in [0, 0.05) is 0 Å². The van der Waals surface area contributed by atoms with Gasteiger partial charge in [-0.05, 0) is 17.9 Å². The summed E-state index contributed by atoms with van der Waals surface area (Å²) in [4.78, 5) is 11.3. The summed E-state index contributed by atoms with van der Waals surface area (Å²) in [5, 5.41) is 0. The molecule has 0 atom stereocenters. The molecule has 4 heteroatoms. The van der Waals surface area contributed by atoms with Crippen molar-refractivity contribution in [2.75, 3.05) is 11.5 Å². The van der Waals surface area contributed by atoms with Crippen LogP contribution < -0.4 is 0 Å². The van der Waals surface area contributed by atoms with Crippen molar-refractivity contribution in [2.24, 2.45) is 0 Å². The van der Waals surface area contributed by atoms with E-state index >= 15 is 0 Å². The summed E-state index contributed by atoms with van der Waals surface area (Å²) >= 11 is 1.39. The molecule has 0 aliphatic rings. The minimum absolute atomic E-state index is 0.161. The fourth-order valence-corrected chi connectivity index (χ4v) is 1.54. The number of rotatable bonds is 4. The van der Waals surface area contributed by atoms with Crippen molar-refractivity contribution in [3.05, 3.63) is 35.4 Å². The normalized spacial score (nSPS) is 10.2. The highest BCUT2D eigenvalue weighted by molar-refractivity contribution is 7.99. The topological polar surface area (TPSA) is 17.1 Å². The molecule has 76 valence electrons. The summed E-state index contributed by atoms with van der Waals surface area (Å²) in [6.45, 7) is 1.90. The fraction of sp³-hybridized carbons (Fsp3) is 0.300. The number of benzene rings is 1. The second-order valence-electron chi connectivity index (χ2n) is 2.66. The zero-order valence-electron chi connectivity index (χ0n) is 7.72. The van der Waals surface area contributed by atoms with E-state index in [1.807, 2.05) is 6.92 Å². The van der Waals surface area contributed by atoms with E-state index in [-0.39, 0.29) is 17.1 Å². The maximum atomic E-state index is 13.1. The van der Waals surface area contributed by atoms with E-state index in [1.165, 1.54) is 23.9 Å². The number of Topliss-reactive ketones (excluding diaryl/α,β-unsaturated/α-hetero) is 1. The molecule has 0 saturated heterocycles. The SMILES string of the molecule is CCSCC(=O)c1cccc(F)c1F. The zero-order chi connectivity index (χ0) is 10.6. The van der Waals surface area contributed by atoms with Crippen LogP contribution in [0.2, 0.25) is 0 Å². The molecule has 0 saturated carbocycles. The van der Waals surface area contributed by atoms with Gasteiger partial charge in [0.25, 0.3) is 0 Å². The van der Waals surface area contributed by atoms with Crippen molar-refractivity contribution in [1.82, 2.24) is 0 Å². The first kappa shape index (κ1) is 11.2. The Hall–Kier alpha value is -0.900. The van der Waals surface area contributed by atoms with Gasteiger partial charge in [0.2, 0.25) is 0 Å². The van der Waals surface area contributed by atoms with Gasteiger partial charge in [0.15, 0.2) is 17.4 Å². The Morgan fingerprint density at radius 2 is 2.14 bits per heavy atom. The van der Waals surface area contributed by atoms with E-state index in [4.69, 9.17) is 0 Å². The van der Waals surface area contributed by atoms with Crippen LogP contribution in [0.15, 0.2) is 18.2 Å². The number of carbonyl (C=O) groups excluding carboxylic acids is 1. The molecular weight excluding hydrogens is 206 g/mol. The predicted molar refractivity (Wildman–Crippen MR) is 53.7 cm³/mol. The van der Waals surface area contributed by atoms with Gasteiger partial charge in [0.05, 0.1) is 11.3 Å². The van der Waals surface area contributed by atoms with Crippen LogP contribution >= 0.6 is 11.8 Å². The number of halogens is 2. The molecule has 0 radical (unpaired) electrons. The molecule has 1 nitrogen and oxygen atoms in total. The van der Waals surface area contributed by atoms with Crippen LogP contribution in [0.5, 0.6) is 0 Å². The molecular formula is C10H10F2OS. The minimum atomic E-state index is -1.05. The van der Waals surface area contributed by atoms with Gasteiger partial charge in [0.1, 0.15) is 0 Å². The minimum Gasteiger partial charge on any atom is -0.293 e. The molecule has 1 aromatic carbocycles. The van der Waals surface area contributed by atoms with E-state index in [0.717, 1.165) is 11.8 Å². The summed E-state index contributed by atoms with van der Waals surface area (Å²) in [6, 6.07) is 3.64. The lowest BCUT2D eigenvalue weighted by Gasteiger charge is -2.01. The summed E-state index contributed by atoms with van der Waals surface area (Å²) in [5.74, 6) is -1.42. The van der Waals surface area contributed by atoms with Crippen LogP contribution in [-0.4, -0.2) is 17.3 Å². The van der Waals surface area contributed by atoms with E-state index in [9.17, 15) is 13.6 Å². The van der Waals surface area contributed by atoms with Crippen LogP contribution in [0.4, 0.5) is 8.78 Å². The smallest absolute Gasteiger partial charge is 0.175 e. The largest absolute Gasteiger partial charge is 0.293 e. The van der Waals surface area contributed by atoms with E-state index < -0.39 is 11.6 Å². The maximum absolute atomic E-state index is 13.1. The average Bonchev–Trinajstić information content (AvgIpc) is 2.18. The third-order valence-corrected chi connectivity index (χ3v) is 2.56. The van der Waals surface area contributed by atoms with Crippen molar-refractivity contribution in [1.29, 1.82) is 0 Å². The van der Waals surface area contributed by atoms with Gasteiger partial charge < -0.3 is 0 Å². The highest BCUT2D eigenvalue weighted by atomic mass is 32.2. The van der Waals surface area contributed by atoms with Crippen molar-refractivity contribution >= 4 is 17.5 Å². The van der Waals surface area contributed by atoms with E-state index in [2.05, 4.69) is 0 Å². The molecule has 14 heavy (non-hydrogen) atoms. The number of thioether (sulfide) groups is 1. The molecule has 0 N–H and O–H groups in total. The number of ketones is 1. The van der Waals surface area contributed by atoms with Crippen molar-refractivity contribution in [2.45, 2.75) is 6.92 Å². The standard InChI is InChI=1S/C10H10F2OS/c1-2-14-6-9(13)7-4-3-5-8(11)10(7)12/h3-5H,2,6H2,1H3. The Balaban J connectivity index is 2.84. The van der Waals surface area contributed by atoms with Crippen LogP contribution in [-0.2, 0) is 0 Å². The lowest BCUT2D eigenvalue weighted by atomic mass is 10.1. The first-order valence-corrected chi connectivity index (χ1v) is 5.37. The Morgan fingerprint density at radius 3 is 2.79 bits per heavy atom. The lowest BCUT2D eigenvalue weighted by Crippen LogP contribution is -2.06. The first-order chi connectivity index (χ1) is 6.66. The zero-order valence-corrected chi connectivity index (χ0v) is 8.54. The van der Waals surface area contributed by atoms with Gasteiger partial charge in [-0.3, -0.25) is 4.79 Å². The fourth-order valence-electron chi connectivity index (χ4n) is 0.992. The molecule has 0 heterocycles. The second kappa shape index (κ2) is 5.10. The molecule has 0 spiro atoms. The Kier molecular flexibility index (Phi) is 4.07. The predicted octanol–water partition coefficient (Wildman–Crippen LogP) is 2.90. The van der Waals surface area contributed by atoms with Gasteiger partial charge in [-0.2, -0.15) is 11.8 Å². The number of hydrogen-bond acceptors (Lipinski definition) is 2. The third kappa shape index (κ3) is 2.54. The number of hydrogen-bond donors (Lipinski definition) is 0. The third-order valence-electron chi connectivity index (χ3n) is 1.69. The summed E-state index contributed by atoms with van der Waals surface area (Å²) in [7, 11) is 0. The molecule has 1 aromatic rings. The first-order valence-electron chi connectivity index (χ1n) is 4.21. The van der Waals surface area contributed by atoms with Gasteiger partial charge in [-0.1, -0.05) is 13.0 Å². The van der Waals surface area contributed by atoms with Crippen LogP contribution in [0.25, 0.3) is 0 Å². The van der Waals surface area contributed by atoms with Crippen LogP contribution in [0, 0.1) is 11.6 Å². The summed E-state index contributed by atoms with van der Waals surface area (Å²) in [5.41, 5.74) is -0.161. The molecule has 0 aliphatic heterocycles. The summed E-state index contributed by atoms with van der Waals surface area (Å²) in [6.07, 6.45) is 0. The van der Waals surface area contributed by atoms with Gasteiger partial charge >= 0.3 is 0 Å². The lowest BCUT2D eigenvalue weighted by molar-refractivity contribution is 0.101. The molecule has 0 unspecified atom stereocenters. The molecule has 1 rings (SSSR count). The molecule has 0 aliphatic carbocycles. The van der Waals surface area contributed by atoms with Crippen molar-refractivity contribution in [3.63, 3.8) is 0 Å². The van der Waals surface area contributed by atoms with Gasteiger partial charge in [-0.15, -0.1) is 0 Å². The van der Waals surface area contributed by atoms with E-state index in [0.29, 0.717) is 0 Å². The Labute approximate surface area is 85.5 Å².